The molecule has 1 aliphatic rings. The van der Waals surface area contributed by atoms with Crippen LogP contribution in [0.15, 0.2) is 24.3 Å². The molecule has 0 aromatic heterocycles. The summed E-state index contributed by atoms with van der Waals surface area (Å²) in [5.74, 6) is 0.0276. The van der Waals surface area contributed by atoms with Crippen LogP contribution in [0, 0.1) is 10.1 Å². The molecule has 1 fully saturated rings. The first-order valence-electron chi connectivity index (χ1n) is 6.83. The maximum absolute atomic E-state index is 11.8. The van der Waals surface area contributed by atoms with Crippen molar-refractivity contribution in [3.8, 4) is 0 Å². The number of non-ortho nitro benzene ring substituents is 1. The lowest BCUT2D eigenvalue weighted by molar-refractivity contribution is -0.384. The number of hydrogen-bond acceptors (Lipinski definition) is 4. The fourth-order valence-electron chi connectivity index (χ4n) is 2.01. The van der Waals surface area contributed by atoms with Crippen molar-refractivity contribution in [3.05, 3.63) is 39.9 Å². The van der Waals surface area contributed by atoms with Gasteiger partial charge in [-0.2, -0.15) is 0 Å². The Kier molecular flexibility index (Phi) is 4.68. The zero-order chi connectivity index (χ0) is 14.5. The first-order chi connectivity index (χ1) is 9.58. The molecular weight excluding hydrogens is 258 g/mol. The van der Waals surface area contributed by atoms with Gasteiger partial charge in [-0.3, -0.25) is 19.8 Å². The second-order valence-electron chi connectivity index (χ2n) is 5.07. The number of rotatable bonds is 7. The Labute approximate surface area is 117 Å². The van der Waals surface area contributed by atoms with Crippen LogP contribution in [0.5, 0.6) is 0 Å². The molecule has 20 heavy (non-hydrogen) atoms. The summed E-state index contributed by atoms with van der Waals surface area (Å²) >= 11 is 0. The largest absolute Gasteiger partial charge is 0.352 e. The summed E-state index contributed by atoms with van der Waals surface area (Å²) in [4.78, 5) is 24.1. The molecule has 108 valence electrons. The van der Waals surface area contributed by atoms with Crippen molar-refractivity contribution in [2.24, 2.45) is 0 Å². The molecule has 0 radical (unpaired) electrons. The van der Waals surface area contributed by atoms with Gasteiger partial charge in [-0.05, 0) is 24.9 Å². The summed E-state index contributed by atoms with van der Waals surface area (Å²) in [5, 5.41) is 13.7. The van der Waals surface area contributed by atoms with E-state index < -0.39 is 4.92 Å². The van der Waals surface area contributed by atoms with Gasteiger partial charge >= 0.3 is 0 Å². The van der Waals surface area contributed by atoms with Crippen molar-refractivity contribution < 1.29 is 9.72 Å². The predicted octanol–water partition coefficient (Wildman–Crippen LogP) is 1.70. The van der Waals surface area contributed by atoms with Gasteiger partial charge in [-0.1, -0.05) is 19.1 Å². The number of carbonyl (C=O) groups excluding carboxylic acids is 1. The van der Waals surface area contributed by atoms with E-state index in [0.29, 0.717) is 19.1 Å². The summed E-state index contributed by atoms with van der Waals surface area (Å²) in [7, 11) is 0. The van der Waals surface area contributed by atoms with Crippen LogP contribution in [0.25, 0.3) is 0 Å². The SMILES string of the molecule is CCN(CC(=O)NC1CC1)Cc1cccc([N+](=O)[O-])c1. The number of amides is 1. The molecule has 0 atom stereocenters. The highest BCUT2D eigenvalue weighted by Gasteiger charge is 2.23. The van der Waals surface area contributed by atoms with Gasteiger partial charge in [0.2, 0.25) is 5.91 Å². The van der Waals surface area contributed by atoms with Gasteiger partial charge in [0.05, 0.1) is 11.5 Å². The zero-order valence-electron chi connectivity index (χ0n) is 11.5. The third-order valence-corrected chi connectivity index (χ3v) is 3.28. The first kappa shape index (κ1) is 14.5. The van der Waals surface area contributed by atoms with Gasteiger partial charge in [0.1, 0.15) is 0 Å². The van der Waals surface area contributed by atoms with Gasteiger partial charge in [-0.15, -0.1) is 0 Å². The normalized spacial score (nSPS) is 14.3. The van der Waals surface area contributed by atoms with Crippen LogP contribution in [-0.4, -0.2) is 34.9 Å². The van der Waals surface area contributed by atoms with E-state index in [0.717, 1.165) is 24.9 Å². The molecule has 1 aromatic carbocycles. The second-order valence-corrected chi connectivity index (χ2v) is 5.07. The Balaban J connectivity index is 1.92. The third kappa shape index (κ3) is 4.31. The van der Waals surface area contributed by atoms with Crippen LogP contribution < -0.4 is 5.32 Å². The number of hydrogen-bond donors (Lipinski definition) is 1. The van der Waals surface area contributed by atoms with Gasteiger partial charge in [0.15, 0.2) is 0 Å². The number of carbonyl (C=O) groups is 1. The minimum absolute atomic E-state index is 0.0276. The Morgan fingerprint density at radius 1 is 1.50 bits per heavy atom. The van der Waals surface area contributed by atoms with E-state index in [1.54, 1.807) is 12.1 Å². The van der Waals surface area contributed by atoms with Crippen molar-refractivity contribution in [2.75, 3.05) is 13.1 Å². The van der Waals surface area contributed by atoms with Crippen molar-refractivity contribution >= 4 is 11.6 Å². The van der Waals surface area contributed by atoms with Gasteiger partial charge in [-0.25, -0.2) is 0 Å². The zero-order valence-corrected chi connectivity index (χ0v) is 11.5. The van der Waals surface area contributed by atoms with E-state index in [-0.39, 0.29) is 11.6 Å². The lowest BCUT2D eigenvalue weighted by Gasteiger charge is -2.19. The quantitative estimate of drug-likeness (QED) is 0.608. The van der Waals surface area contributed by atoms with Crippen LogP contribution in [0.4, 0.5) is 5.69 Å². The highest BCUT2D eigenvalue weighted by Crippen LogP contribution is 2.18. The van der Waals surface area contributed by atoms with Crippen LogP contribution in [0.3, 0.4) is 0 Å². The van der Waals surface area contributed by atoms with Gasteiger partial charge in [0, 0.05) is 24.7 Å². The van der Waals surface area contributed by atoms with Crippen LogP contribution in [0.2, 0.25) is 0 Å². The molecule has 2 rings (SSSR count). The van der Waals surface area contributed by atoms with Crippen molar-refractivity contribution in [1.29, 1.82) is 0 Å². The number of nitrogens with one attached hydrogen (secondary N) is 1. The fraction of sp³-hybridized carbons (Fsp3) is 0.500. The summed E-state index contributed by atoms with van der Waals surface area (Å²) in [6.45, 7) is 3.56. The predicted molar refractivity (Wildman–Crippen MR) is 75.2 cm³/mol. The highest BCUT2D eigenvalue weighted by molar-refractivity contribution is 5.78. The summed E-state index contributed by atoms with van der Waals surface area (Å²) in [6, 6.07) is 6.90. The molecule has 1 amide bonds. The summed E-state index contributed by atoms with van der Waals surface area (Å²) in [6.07, 6.45) is 2.14. The van der Waals surface area contributed by atoms with Crippen molar-refractivity contribution in [2.45, 2.75) is 32.4 Å². The van der Waals surface area contributed by atoms with Crippen LogP contribution >= 0.6 is 0 Å². The number of nitro groups is 1. The molecule has 0 heterocycles. The van der Waals surface area contributed by atoms with Gasteiger partial charge < -0.3 is 5.32 Å². The van der Waals surface area contributed by atoms with E-state index in [1.165, 1.54) is 6.07 Å². The Hall–Kier alpha value is -1.95. The Morgan fingerprint density at radius 2 is 2.25 bits per heavy atom. The Bertz CT molecular complexity index is 500. The van der Waals surface area contributed by atoms with Crippen LogP contribution in [0.1, 0.15) is 25.3 Å². The molecular formula is C14H19N3O3. The maximum atomic E-state index is 11.8. The molecule has 1 N–H and O–H groups in total. The molecule has 0 aliphatic heterocycles. The van der Waals surface area contributed by atoms with Gasteiger partial charge in [0.25, 0.3) is 5.69 Å². The molecule has 1 saturated carbocycles. The minimum atomic E-state index is -0.403. The monoisotopic (exact) mass is 277 g/mol. The topological polar surface area (TPSA) is 75.5 Å². The fourth-order valence-corrected chi connectivity index (χ4v) is 2.01. The maximum Gasteiger partial charge on any atom is 0.269 e. The molecule has 1 aromatic rings. The summed E-state index contributed by atoms with van der Waals surface area (Å²) in [5.41, 5.74) is 0.932. The lowest BCUT2D eigenvalue weighted by Crippen LogP contribution is -2.37. The van der Waals surface area contributed by atoms with E-state index in [2.05, 4.69) is 5.32 Å². The number of likely N-dealkylation sites (N-methyl/N-ethyl adjacent to an activating group) is 1. The standard InChI is InChI=1S/C14H19N3O3/c1-2-16(10-14(18)15-12-6-7-12)9-11-4-3-5-13(8-11)17(19)20/h3-5,8,12H,2,6-7,9-10H2,1H3,(H,15,18). The van der Waals surface area contributed by atoms with Crippen LogP contribution in [-0.2, 0) is 11.3 Å². The van der Waals surface area contributed by atoms with Crippen molar-refractivity contribution in [1.82, 2.24) is 10.2 Å². The third-order valence-electron chi connectivity index (χ3n) is 3.28. The van der Waals surface area contributed by atoms with E-state index in [1.807, 2.05) is 17.9 Å². The first-order valence-corrected chi connectivity index (χ1v) is 6.83. The van der Waals surface area contributed by atoms with E-state index in [9.17, 15) is 14.9 Å². The molecule has 6 nitrogen and oxygen atoms in total. The number of nitrogens with zero attached hydrogens (tertiary/aromatic N) is 2. The molecule has 0 spiro atoms. The molecule has 0 unspecified atom stereocenters. The molecule has 0 saturated heterocycles. The van der Waals surface area contributed by atoms with E-state index >= 15 is 0 Å². The summed E-state index contributed by atoms with van der Waals surface area (Å²) < 4.78 is 0. The number of benzene rings is 1. The molecule has 1 aliphatic carbocycles. The Morgan fingerprint density at radius 3 is 2.85 bits per heavy atom. The number of nitro benzene ring substituents is 1. The second kappa shape index (κ2) is 6.47. The van der Waals surface area contributed by atoms with Crippen molar-refractivity contribution in [3.63, 3.8) is 0 Å². The average Bonchev–Trinajstić information content (AvgIpc) is 3.22. The molecule has 0 bridgehead atoms. The van der Waals surface area contributed by atoms with E-state index in [4.69, 9.17) is 0 Å². The average molecular weight is 277 g/mol. The smallest absolute Gasteiger partial charge is 0.269 e. The lowest BCUT2D eigenvalue weighted by atomic mass is 10.2. The minimum Gasteiger partial charge on any atom is -0.352 e. The molecule has 6 heteroatoms. The highest BCUT2D eigenvalue weighted by atomic mass is 16.6.